The van der Waals surface area contributed by atoms with Crippen LogP contribution in [0.5, 0.6) is 0 Å². The number of carbonyl (C=O) groups excluding carboxylic acids is 2. The fraction of sp³-hybridized carbons (Fsp3) is 0.355. The SMILES string of the molecule is CC(C)c1ccccc1CC(NC(=O)OCC1c2ccccc2-c2ccccc21)C(=O)OC(C)(C)C. The highest BCUT2D eigenvalue weighted by Gasteiger charge is 2.31. The quantitative estimate of drug-likeness (QED) is 0.383. The molecule has 3 aromatic carbocycles. The zero-order chi connectivity index (χ0) is 25.9. The highest BCUT2D eigenvalue weighted by atomic mass is 16.6. The molecule has 5 nitrogen and oxygen atoms in total. The molecular formula is C31H35NO4. The van der Waals surface area contributed by atoms with Crippen molar-refractivity contribution >= 4 is 12.1 Å². The van der Waals surface area contributed by atoms with Crippen LogP contribution in [-0.2, 0) is 20.7 Å². The summed E-state index contributed by atoms with van der Waals surface area (Å²) in [5, 5.41) is 2.79. The van der Waals surface area contributed by atoms with E-state index in [0.29, 0.717) is 6.42 Å². The average Bonchev–Trinajstić information content (AvgIpc) is 3.15. The maximum atomic E-state index is 13.1. The maximum Gasteiger partial charge on any atom is 0.407 e. The molecule has 1 amide bonds. The minimum atomic E-state index is -0.861. The Morgan fingerprint density at radius 2 is 1.42 bits per heavy atom. The molecular weight excluding hydrogens is 450 g/mol. The lowest BCUT2D eigenvalue weighted by Gasteiger charge is -2.25. The Kier molecular flexibility index (Phi) is 7.48. The summed E-state index contributed by atoms with van der Waals surface area (Å²) in [6.45, 7) is 9.86. The summed E-state index contributed by atoms with van der Waals surface area (Å²) in [5.74, 6) is -0.241. The van der Waals surface area contributed by atoms with Gasteiger partial charge in [0.15, 0.2) is 0 Å². The van der Waals surface area contributed by atoms with E-state index >= 15 is 0 Å². The number of ether oxygens (including phenoxy) is 2. The van der Waals surface area contributed by atoms with E-state index in [2.05, 4.69) is 49.5 Å². The molecule has 1 N–H and O–H groups in total. The van der Waals surface area contributed by atoms with Gasteiger partial charge in [-0.3, -0.25) is 0 Å². The van der Waals surface area contributed by atoms with Crippen LogP contribution < -0.4 is 5.32 Å². The topological polar surface area (TPSA) is 64.6 Å². The van der Waals surface area contributed by atoms with E-state index in [4.69, 9.17) is 9.47 Å². The van der Waals surface area contributed by atoms with E-state index < -0.39 is 23.7 Å². The van der Waals surface area contributed by atoms with Crippen molar-refractivity contribution in [3.05, 3.63) is 95.1 Å². The summed E-state index contributed by atoms with van der Waals surface area (Å²) >= 11 is 0. The van der Waals surface area contributed by atoms with Crippen molar-refractivity contribution in [2.24, 2.45) is 0 Å². The van der Waals surface area contributed by atoms with Crippen molar-refractivity contribution in [1.82, 2.24) is 5.32 Å². The van der Waals surface area contributed by atoms with Gasteiger partial charge in [0, 0.05) is 12.3 Å². The fourth-order valence-electron chi connectivity index (χ4n) is 4.85. The predicted octanol–water partition coefficient (Wildman–Crippen LogP) is 6.60. The molecule has 1 unspecified atom stereocenters. The first-order valence-corrected chi connectivity index (χ1v) is 12.6. The van der Waals surface area contributed by atoms with Crippen molar-refractivity contribution in [3.63, 3.8) is 0 Å². The first-order chi connectivity index (χ1) is 17.1. The summed E-state index contributed by atoms with van der Waals surface area (Å²) in [5.41, 5.74) is 6.08. The molecule has 3 aromatic rings. The summed E-state index contributed by atoms with van der Waals surface area (Å²) in [7, 11) is 0. The lowest BCUT2D eigenvalue weighted by Crippen LogP contribution is -2.46. The van der Waals surface area contributed by atoms with Gasteiger partial charge in [0.25, 0.3) is 0 Å². The van der Waals surface area contributed by atoms with E-state index in [1.807, 2.05) is 63.2 Å². The molecule has 0 bridgehead atoms. The third-order valence-electron chi connectivity index (χ3n) is 6.43. The Bertz CT molecular complexity index is 1200. The number of fused-ring (bicyclic) bond motifs is 3. The van der Waals surface area contributed by atoms with Crippen LogP contribution in [0.2, 0.25) is 0 Å². The monoisotopic (exact) mass is 485 g/mol. The van der Waals surface area contributed by atoms with Gasteiger partial charge in [0.2, 0.25) is 0 Å². The second-order valence-corrected chi connectivity index (χ2v) is 10.6. The molecule has 0 saturated carbocycles. The molecule has 1 aliphatic carbocycles. The molecule has 0 aliphatic heterocycles. The van der Waals surface area contributed by atoms with E-state index in [-0.39, 0.29) is 18.4 Å². The van der Waals surface area contributed by atoms with Gasteiger partial charge in [-0.25, -0.2) is 9.59 Å². The number of hydrogen-bond donors (Lipinski definition) is 1. The molecule has 0 saturated heterocycles. The fourth-order valence-corrected chi connectivity index (χ4v) is 4.85. The van der Waals surface area contributed by atoms with Gasteiger partial charge in [0.1, 0.15) is 18.2 Å². The van der Waals surface area contributed by atoms with Crippen LogP contribution >= 0.6 is 0 Å². The van der Waals surface area contributed by atoms with Crippen LogP contribution in [-0.4, -0.2) is 30.3 Å². The minimum absolute atomic E-state index is 0.0511. The number of benzene rings is 3. The summed E-state index contributed by atoms with van der Waals surface area (Å²) < 4.78 is 11.3. The smallest absolute Gasteiger partial charge is 0.407 e. The van der Waals surface area contributed by atoms with Crippen LogP contribution in [0, 0.1) is 0 Å². The molecule has 0 fully saturated rings. The molecule has 0 spiro atoms. The van der Waals surface area contributed by atoms with Crippen LogP contribution in [0.25, 0.3) is 11.1 Å². The molecule has 5 heteroatoms. The predicted molar refractivity (Wildman–Crippen MR) is 142 cm³/mol. The molecule has 0 aromatic heterocycles. The normalized spacial score (nSPS) is 13.6. The molecule has 1 aliphatic rings. The van der Waals surface area contributed by atoms with E-state index in [9.17, 15) is 9.59 Å². The van der Waals surface area contributed by atoms with Gasteiger partial charge >= 0.3 is 12.1 Å². The van der Waals surface area contributed by atoms with Gasteiger partial charge in [-0.05, 0) is 60.1 Å². The zero-order valence-corrected chi connectivity index (χ0v) is 21.7. The Morgan fingerprint density at radius 1 is 0.861 bits per heavy atom. The lowest BCUT2D eigenvalue weighted by molar-refractivity contribution is -0.157. The highest BCUT2D eigenvalue weighted by Crippen LogP contribution is 2.44. The largest absolute Gasteiger partial charge is 0.458 e. The average molecular weight is 486 g/mol. The number of rotatable bonds is 7. The first-order valence-electron chi connectivity index (χ1n) is 12.6. The van der Waals surface area contributed by atoms with E-state index in [1.165, 1.54) is 11.1 Å². The number of esters is 1. The van der Waals surface area contributed by atoms with Crippen molar-refractivity contribution in [2.75, 3.05) is 6.61 Å². The number of hydrogen-bond acceptors (Lipinski definition) is 4. The summed E-state index contributed by atoms with van der Waals surface area (Å²) in [4.78, 5) is 26.0. The number of alkyl carbamates (subject to hydrolysis) is 1. The standard InChI is InChI=1S/C31H35NO4/c1-20(2)22-13-7-6-12-21(22)18-28(29(33)36-31(3,4)5)32-30(34)35-19-27-25-16-10-8-14-23(25)24-15-9-11-17-26(24)27/h6-17,20,27-28H,18-19H2,1-5H3,(H,32,34). The van der Waals surface area contributed by atoms with E-state index in [1.54, 1.807) is 0 Å². The van der Waals surface area contributed by atoms with Crippen molar-refractivity contribution in [2.45, 2.75) is 64.5 Å². The number of amides is 1. The molecule has 188 valence electrons. The summed E-state index contributed by atoms with van der Waals surface area (Å²) in [6.07, 6.45) is -0.303. The minimum Gasteiger partial charge on any atom is -0.458 e. The summed E-state index contributed by atoms with van der Waals surface area (Å²) in [6, 6.07) is 23.5. The Balaban J connectivity index is 1.50. The van der Waals surface area contributed by atoms with Gasteiger partial charge in [0.05, 0.1) is 0 Å². The Morgan fingerprint density at radius 3 is 2.00 bits per heavy atom. The maximum absolute atomic E-state index is 13.1. The zero-order valence-electron chi connectivity index (χ0n) is 21.7. The Labute approximate surface area is 213 Å². The molecule has 1 atom stereocenters. The van der Waals surface area contributed by atoms with Gasteiger partial charge in [-0.15, -0.1) is 0 Å². The van der Waals surface area contributed by atoms with Crippen molar-refractivity contribution < 1.29 is 19.1 Å². The van der Waals surface area contributed by atoms with Gasteiger partial charge in [-0.1, -0.05) is 86.6 Å². The third kappa shape index (κ3) is 5.78. The molecule has 36 heavy (non-hydrogen) atoms. The highest BCUT2D eigenvalue weighted by molar-refractivity contribution is 5.82. The number of carbonyl (C=O) groups is 2. The molecule has 0 radical (unpaired) electrons. The van der Waals surface area contributed by atoms with Crippen LogP contribution in [0.3, 0.4) is 0 Å². The molecule has 4 rings (SSSR count). The number of nitrogens with one attached hydrogen (secondary N) is 1. The van der Waals surface area contributed by atoms with Crippen molar-refractivity contribution in [3.8, 4) is 11.1 Å². The van der Waals surface area contributed by atoms with Crippen LogP contribution in [0.15, 0.2) is 72.8 Å². The molecule has 0 heterocycles. The van der Waals surface area contributed by atoms with Crippen LogP contribution in [0.1, 0.15) is 68.7 Å². The van der Waals surface area contributed by atoms with Gasteiger partial charge < -0.3 is 14.8 Å². The second-order valence-electron chi connectivity index (χ2n) is 10.6. The van der Waals surface area contributed by atoms with Crippen LogP contribution in [0.4, 0.5) is 4.79 Å². The Hall–Kier alpha value is -3.60. The third-order valence-corrected chi connectivity index (χ3v) is 6.43. The first kappa shape index (κ1) is 25.5. The van der Waals surface area contributed by atoms with Crippen molar-refractivity contribution in [1.29, 1.82) is 0 Å². The van der Waals surface area contributed by atoms with Gasteiger partial charge in [-0.2, -0.15) is 0 Å². The lowest BCUT2D eigenvalue weighted by atomic mass is 9.93. The second kappa shape index (κ2) is 10.6. The van der Waals surface area contributed by atoms with E-state index in [0.717, 1.165) is 22.3 Å².